The molecule has 0 aromatic heterocycles. The Hall–Kier alpha value is -4.11. The summed E-state index contributed by atoms with van der Waals surface area (Å²) in [6, 6.07) is 10.2. The smallest absolute Gasteiger partial charge is 0.190 e. The molecule has 2 saturated carbocycles. The fourth-order valence-corrected chi connectivity index (χ4v) is 8.84. The molecule has 2 N–H and O–H groups in total. The van der Waals surface area contributed by atoms with E-state index in [1.807, 2.05) is 0 Å². The summed E-state index contributed by atoms with van der Waals surface area (Å²) in [4.78, 5) is 92.3. The van der Waals surface area contributed by atoms with Gasteiger partial charge >= 0.3 is 0 Å². The van der Waals surface area contributed by atoms with Crippen molar-refractivity contribution in [3.8, 4) is 16.9 Å². The van der Waals surface area contributed by atoms with E-state index in [0.29, 0.717) is 16.7 Å². The third kappa shape index (κ3) is 4.82. The third-order valence-electron chi connectivity index (χ3n) is 10.7. The molecule has 0 radical (unpaired) electrons. The van der Waals surface area contributed by atoms with Crippen molar-refractivity contribution < 1.29 is 43.8 Å². The molecular weight excluding hydrogens is 588 g/mol. The van der Waals surface area contributed by atoms with E-state index in [1.165, 1.54) is 13.0 Å². The molecule has 9 nitrogen and oxygen atoms in total. The average Bonchev–Trinajstić information content (AvgIpc) is 2.94. The van der Waals surface area contributed by atoms with Crippen molar-refractivity contribution in [3.63, 3.8) is 0 Å². The van der Waals surface area contributed by atoms with Crippen molar-refractivity contribution in [1.82, 2.24) is 0 Å². The van der Waals surface area contributed by atoms with E-state index >= 15 is 0 Å². The molecule has 3 aliphatic rings. The lowest BCUT2D eigenvalue weighted by Crippen LogP contribution is -2.76. The molecule has 2 aromatic carbocycles. The molecule has 46 heavy (non-hydrogen) atoms. The third-order valence-corrected chi connectivity index (χ3v) is 10.7. The standard InChI is InChI=1S/C37H40O9/c1-18(2)29-31(42)27(20(4)39)33(44)37(46)34(45)30-32(43)28-25(16-35(30,5)17-36(29,37)6)24(13-14-26(28)41)22-10-8-21(9-11-22)15-23(40)12-7-19(3)38/h8-11,13-14,18,27,29-30,41,46H,7,12,15-17H2,1-6H3/t27?,29?,30?,35-,36-,37+/m1/s1. The first-order valence-corrected chi connectivity index (χ1v) is 15.7. The summed E-state index contributed by atoms with van der Waals surface area (Å²) >= 11 is 0. The maximum Gasteiger partial charge on any atom is 0.190 e. The summed E-state index contributed by atoms with van der Waals surface area (Å²) in [5.41, 5.74) is -2.91. The molecular formula is C37H40O9. The lowest BCUT2D eigenvalue weighted by Gasteiger charge is -2.61. The number of ketones is 7. The second-order valence-corrected chi connectivity index (χ2v) is 14.4. The van der Waals surface area contributed by atoms with E-state index in [2.05, 4.69) is 0 Å². The predicted molar refractivity (Wildman–Crippen MR) is 167 cm³/mol. The van der Waals surface area contributed by atoms with E-state index in [4.69, 9.17) is 0 Å². The zero-order valence-corrected chi connectivity index (χ0v) is 27.1. The zero-order chi connectivity index (χ0) is 34.1. The number of hydrogen-bond donors (Lipinski definition) is 2. The van der Waals surface area contributed by atoms with Gasteiger partial charge in [0.15, 0.2) is 28.7 Å². The first kappa shape index (κ1) is 33.3. The highest BCUT2D eigenvalue weighted by molar-refractivity contribution is 6.32. The Labute approximate surface area is 267 Å². The first-order chi connectivity index (χ1) is 21.4. The molecule has 0 spiro atoms. The summed E-state index contributed by atoms with van der Waals surface area (Å²) in [5.74, 6) is -9.45. The Balaban J connectivity index is 1.59. The number of aromatic hydroxyl groups is 1. The average molecular weight is 629 g/mol. The van der Waals surface area contributed by atoms with Gasteiger partial charge in [0.05, 0.1) is 11.5 Å². The first-order valence-electron chi connectivity index (χ1n) is 15.7. The second kappa shape index (κ2) is 11.3. The SMILES string of the molecule is CC(=O)CCC(=O)Cc1ccc(-c2ccc(O)c3c2C[C@]2(C)C[C@]4(C)C(C(C)C)C(=O)C(C(C)=O)C(=O)[C@]4(O)C(=O)C2C3=O)cc1. The van der Waals surface area contributed by atoms with E-state index < -0.39 is 69.0 Å². The van der Waals surface area contributed by atoms with Gasteiger partial charge in [-0.05, 0) is 66.3 Å². The maximum atomic E-state index is 14.4. The van der Waals surface area contributed by atoms with Gasteiger partial charge in [0, 0.05) is 30.6 Å². The fraction of sp³-hybridized carbons (Fsp3) is 0.486. The number of aliphatic hydroxyl groups is 1. The summed E-state index contributed by atoms with van der Waals surface area (Å²) in [6.07, 6.45) is 0.637. The van der Waals surface area contributed by atoms with Gasteiger partial charge in [-0.25, -0.2) is 0 Å². The molecule has 0 bridgehead atoms. The zero-order valence-electron chi connectivity index (χ0n) is 27.1. The summed E-state index contributed by atoms with van der Waals surface area (Å²) in [7, 11) is 0. The van der Waals surface area contributed by atoms with Crippen LogP contribution in [0.25, 0.3) is 11.1 Å². The van der Waals surface area contributed by atoms with Crippen LogP contribution in [0.4, 0.5) is 0 Å². The number of phenols is 1. The Morgan fingerprint density at radius 3 is 2.11 bits per heavy atom. The maximum absolute atomic E-state index is 14.4. The van der Waals surface area contributed by atoms with Crippen LogP contribution < -0.4 is 0 Å². The van der Waals surface area contributed by atoms with Gasteiger partial charge in [-0.3, -0.25) is 28.8 Å². The molecule has 0 amide bonds. The number of benzene rings is 2. The summed E-state index contributed by atoms with van der Waals surface area (Å²) < 4.78 is 0. The minimum absolute atomic E-state index is 0.0283. The monoisotopic (exact) mass is 628 g/mol. The number of phenolic OH excluding ortho intramolecular Hbond substituents is 1. The van der Waals surface area contributed by atoms with Gasteiger partial charge in [-0.2, -0.15) is 0 Å². The topological polar surface area (TPSA) is 160 Å². The fourth-order valence-electron chi connectivity index (χ4n) is 8.84. The second-order valence-electron chi connectivity index (χ2n) is 14.4. The number of carbonyl (C=O) groups excluding carboxylic acids is 7. The Morgan fingerprint density at radius 1 is 0.913 bits per heavy atom. The quantitative estimate of drug-likeness (QED) is 0.408. The Bertz CT molecular complexity index is 1720. The molecule has 6 atom stereocenters. The van der Waals surface area contributed by atoms with Crippen LogP contribution in [0.2, 0.25) is 0 Å². The molecule has 0 aliphatic heterocycles. The van der Waals surface area contributed by atoms with E-state index in [1.54, 1.807) is 58.0 Å². The molecule has 5 rings (SSSR count). The van der Waals surface area contributed by atoms with Crippen molar-refractivity contribution in [2.45, 2.75) is 79.2 Å². The molecule has 0 heterocycles. The van der Waals surface area contributed by atoms with Gasteiger partial charge in [-0.1, -0.05) is 58.0 Å². The number of hydrogen-bond acceptors (Lipinski definition) is 9. The van der Waals surface area contributed by atoms with Crippen molar-refractivity contribution in [1.29, 1.82) is 0 Å². The highest BCUT2D eigenvalue weighted by atomic mass is 16.3. The largest absolute Gasteiger partial charge is 0.507 e. The van der Waals surface area contributed by atoms with Crippen LogP contribution in [0.5, 0.6) is 5.75 Å². The van der Waals surface area contributed by atoms with Crippen LogP contribution in [0, 0.1) is 34.5 Å². The summed E-state index contributed by atoms with van der Waals surface area (Å²) in [6.45, 7) is 9.31. The van der Waals surface area contributed by atoms with Crippen molar-refractivity contribution in [3.05, 3.63) is 53.1 Å². The molecule has 9 heteroatoms. The van der Waals surface area contributed by atoms with Gasteiger partial charge in [-0.15, -0.1) is 0 Å². The Kier molecular flexibility index (Phi) is 8.17. The van der Waals surface area contributed by atoms with E-state index in [0.717, 1.165) is 12.5 Å². The van der Waals surface area contributed by atoms with Crippen LogP contribution in [0.3, 0.4) is 0 Å². The number of fused-ring (bicyclic) bond motifs is 3. The Morgan fingerprint density at radius 2 is 1.54 bits per heavy atom. The van der Waals surface area contributed by atoms with E-state index in [9.17, 15) is 43.8 Å². The van der Waals surface area contributed by atoms with Crippen LogP contribution >= 0.6 is 0 Å². The van der Waals surface area contributed by atoms with Crippen LogP contribution in [0.15, 0.2) is 36.4 Å². The molecule has 3 unspecified atom stereocenters. The highest BCUT2D eigenvalue weighted by Crippen LogP contribution is 2.64. The van der Waals surface area contributed by atoms with E-state index in [-0.39, 0.29) is 55.0 Å². The van der Waals surface area contributed by atoms with Gasteiger partial charge in [0.25, 0.3) is 0 Å². The van der Waals surface area contributed by atoms with Crippen LogP contribution in [-0.2, 0) is 41.6 Å². The minimum atomic E-state index is -2.74. The van der Waals surface area contributed by atoms with Gasteiger partial charge < -0.3 is 15.0 Å². The van der Waals surface area contributed by atoms with Crippen LogP contribution in [-0.4, -0.2) is 56.3 Å². The number of carbonyl (C=O) groups is 7. The van der Waals surface area contributed by atoms with Crippen molar-refractivity contribution in [2.75, 3.05) is 0 Å². The van der Waals surface area contributed by atoms with Gasteiger partial charge in [0.2, 0.25) is 0 Å². The summed E-state index contributed by atoms with van der Waals surface area (Å²) in [5, 5.41) is 23.1. The molecule has 3 aliphatic carbocycles. The van der Waals surface area contributed by atoms with Crippen LogP contribution in [0.1, 0.15) is 82.3 Å². The number of Topliss-reactive ketones (excluding diaryl/α,β-unsaturated/α-hetero) is 7. The molecule has 2 aromatic rings. The predicted octanol–water partition coefficient (Wildman–Crippen LogP) is 4.24. The molecule has 242 valence electrons. The number of rotatable bonds is 8. The molecule has 2 fully saturated rings. The van der Waals surface area contributed by atoms with Crippen molar-refractivity contribution >= 4 is 40.5 Å². The lowest BCUT2D eigenvalue weighted by molar-refractivity contribution is -0.205. The lowest BCUT2D eigenvalue weighted by atomic mass is 9.40. The van der Waals surface area contributed by atoms with Crippen molar-refractivity contribution in [2.24, 2.45) is 34.5 Å². The van der Waals surface area contributed by atoms with Gasteiger partial charge in [0.1, 0.15) is 29.0 Å². The molecule has 0 saturated heterocycles. The minimum Gasteiger partial charge on any atom is -0.507 e. The highest BCUT2D eigenvalue weighted by Gasteiger charge is 2.76. The normalized spacial score (nSPS) is 30.5.